The Bertz CT molecular complexity index is 635. The van der Waals surface area contributed by atoms with E-state index in [4.69, 9.17) is 0 Å². The average molecular weight is 341 g/mol. The van der Waals surface area contributed by atoms with Crippen LogP contribution in [0.5, 0.6) is 0 Å². The van der Waals surface area contributed by atoms with Crippen molar-refractivity contribution in [1.82, 2.24) is 9.97 Å². The fourth-order valence-corrected chi connectivity index (χ4v) is 2.75. The molecular weight excluding hydrogens is 332 g/mol. The Kier molecular flexibility index (Phi) is 4.32. The molecule has 0 unspecified atom stereocenters. The molecule has 120 valence electrons. The molecule has 10 heteroatoms. The Morgan fingerprint density at radius 2 is 1.86 bits per heavy atom. The highest BCUT2D eigenvalue weighted by atomic mass is 32.1. The minimum absolute atomic E-state index is 0.0375. The molecule has 0 radical (unpaired) electrons. The summed E-state index contributed by atoms with van der Waals surface area (Å²) in [5.74, 6) is 0. The molecule has 3 nitrogen and oxygen atoms in total. The summed E-state index contributed by atoms with van der Waals surface area (Å²) in [4.78, 5) is 7.71. The Hall–Kier alpha value is -1.84. The summed E-state index contributed by atoms with van der Waals surface area (Å²) in [6.45, 7) is -1.50. The predicted molar refractivity (Wildman–Crippen MR) is 69.7 cm³/mol. The molecule has 2 aromatic heterocycles. The van der Waals surface area contributed by atoms with E-state index in [0.717, 1.165) is 7.05 Å². The van der Waals surface area contributed by atoms with E-state index < -0.39 is 29.6 Å². The van der Waals surface area contributed by atoms with Crippen molar-refractivity contribution in [3.05, 3.63) is 30.2 Å². The lowest BCUT2D eigenvalue weighted by Crippen LogP contribution is -2.31. The topological polar surface area (TPSA) is 29.0 Å². The van der Waals surface area contributed by atoms with Crippen LogP contribution in [0.3, 0.4) is 0 Å². The van der Waals surface area contributed by atoms with Crippen LogP contribution in [-0.2, 0) is 6.18 Å². The highest BCUT2D eigenvalue weighted by Gasteiger charge is 2.40. The van der Waals surface area contributed by atoms with Gasteiger partial charge in [0.25, 0.3) is 0 Å². The fourth-order valence-electron chi connectivity index (χ4n) is 1.71. The number of rotatable bonds is 3. The zero-order valence-electron chi connectivity index (χ0n) is 11.0. The second kappa shape index (κ2) is 5.75. The summed E-state index contributed by atoms with van der Waals surface area (Å²) in [5.41, 5.74) is -1.02. The zero-order valence-corrected chi connectivity index (χ0v) is 11.9. The maximum absolute atomic E-state index is 13.0. The average Bonchev–Trinajstić information content (AvgIpc) is 2.83. The van der Waals surface area contributed by atoms with Crippen molar-refractivity contribution in [3.63, 3.8) is 0 Å². The van der Waals surface area contributed by atoms with Gasteiger partial charge in [-0.3, -0.25) is 4.98 Å². The number of nitrogens with zero attached hydrogens (tertiary/aromatic N) is 3. The van der Waals surface area contributed by atoms with Crippen LogP contribution in [0.4, 0.5) is 31.3 Å². The van der Waals surface area contributed by atoms with Crippen molar-refractivity contribution in [1.29, 1.82) is 0 Å². The molecule has 0 amide bonds. The van der Waals surface area contributed by atoms with Crippen molar-refractivity contribution in [3.8, 4) is 10.6 Å². The van der Waals surface area contributed by atoms with Gasteiger partial charge in [0.15, 0.2) is 5.69 Å². The number of pyridine rings is 1. The number of thiazole rings is 1. The van der Waals surface area contributed by atoms with Crippen LogP contribution in [0.15, 0.2) is 24.5 Å². The SMILES string of the molecule is CN(CC(F)(F)F)c1sc(-c2cccnc2)nc1C(F)(F)F. The van der Waals surface area contributed by atoms with Gasteiger partial charge in [-0.05, 0) is 12.1 Å². The Morgan fingerprint density at radius 1 is 1.18 bits per heavy atom. The van der Waals surface area contributed by atoms with E-state index in [1.165, 1.54) is 24.5 Å². The summed E-state index contributed by atoms with van der Waals surface area (Å²) in [6.07, 6.45) is -6.73. The van der Waals surface area contributed by atoms with Crippen LogP contribution in [-0.4, -0.2) is 29.7 Å². The Balaban J connectivity index is 2.46. The van der Waals surface area contributed by atoms with E-state index in [-0.39, 0.29) is 5.01 Å². The molecule has 0 N–H and O–H groups in total. The lowest BCUT2D eigenvalue weighted by molar-refractivity contribution is -0.141. The van der Waals surface area contributed by atoms with E-state index in [0.29, 0.717) is 21.8 Å². The molecule has 0 bridgehead atoms. The molecule has 0 aromatic carbocycles. The first kappa shape index (κ1) is 16.5. The number of hydrogen-bond donors (Lipinski definition) is 0. The highest BCUT2D eigenvalue weighted by molar-refractivity contribution is 7.19. The summed E-state index contributed by atoms with van der Waals surface area (Å²) in [5, 5.41) is -0.617. The molecule has 0 aliphatic carbocycles. The third-order valence-corrected chi connectivity index (χ3v) is 3.77. The van der Waals surface area contributed by atoms with Gasteiger partial charge in [-0.2, -0.15) is 26.3 Å². The van der Waals surface area contributed by atoms with Gasteiger partial charge in [0.05, 0.1) is 0 Å². The van der Waals surface area contributed by atoms with Crippen molar-refractivity contribution < 1.29 is 26.3 Å². The first-order valence-electron chi connectivity index (χ1n) is 5.84. The van der Waals surface area contributed by atoms with Gasteiger partial charge in [-0.15, -0.1) is 0 Å². The van der Waals surface area contributed by atoms with Gasteiger partial charge >= 0.3 is 12.4 Å². The number of alkyl halides is 6. The van der Waals surface area contributed by atoms with Crippen molar-refractivity contribution in [2.24, 2.45) is 0 Å². The zero-order chi connectivity index (χ0) is 16.5. The quantitative estimate of drug-likeness (QED) is 0.783. The summed E-state index contributed by atoms with van der Waals surface area (Å²) >= 11 is 0.543. The van der Waals surface area contributed by atoms with Crippen molar-refractivity contribution in [2.45, 2.75) is 12.4 Å². The maximum atomic E-state index is 13.0. The predicted octanol–water partition coefficient (Wildman–Crippen LogP) is 4.22. The third-order valence-electron chi connectivity index (χ3n) is 2.55. The molecular formula is C12H9F6N3S. The van der Waals surface area contributed by atoms with E-state index in [9.17, 15) is 26.3 Å². The molecule has 0 spiro atoms. The minimum Gasteiger partial charge on any atom is -0.356 e. The largest absolute Gasteiger partial charge is 0.436 e. The Labute approximate surface area is 125 Å². The lowest BCUT2D eigenvalue weighted by Gasteiger charge is -2.20. The summed E-state index contributed by atoms with van der Waals surface area (Å²) in [6, 6.07) is 2.99. The van der Waals surface area contributed by atoms with E-state index in [1.807, 2.05) is 0 Å². The lowest BCUT2D eigenvalue weighted by atomic mass is 10.3. The minimum atomic E-state index is -4.84. The highest BCUT2D eigenvalue weighted by Crippen LogP contribution is 2.43. The molecule has 2 rings (SSSR count). The van der Waals surface area contributed by atoms with E-state index in [1.54, 1.807) is 0 Å². The number of aromatic nitrogens is 2. The van der Waals surface area contributed by atoms with Crippen LogP contribution in [0.2, 0.25) is 0 Å². The van der Waals surface area contributed by atoms with E-state index >= 15 is 0 Å². The van der Waals surface area contributed by atoms with Gasteiger partial charge in [0.2, 0.25) is 0 Å². The van der Waals surface area contributed by atoms with Crippen LogP contribution in [0.25, 0.3) is 10.6 Å². The third kappa shape index (κ3) is 3.87. The number of hydrogen-bond acceptors (Lipinski definition) is 4. The van der Waals surface area contributed by atoms with Crippen molar-refractivity contribution in [2.75, 3.05) is 18.5 Å². The molecule has 2 aromatic rings. The fraction of sp³-hybridized carbons (Fsp3) is 0.333. The molecule has 2 heterocycles. The molecule has 0 saturated carbocycles. The molecule has 0 atom stereocenters. The van der Waals surface area contributed by atoms with Crippen LogP contribution in [0, 0.1) is 0 Å². The van der Waals surface area contributed by atoms with Gasteiger partial charge in [0, 0.05) is 25.0 Å². The van der Waals surface area contributed by atoms with Crippen LogP contribution < -0.4 is 4.90 Å². The molecule has 0 fully saturated rings. The summed E-state index contributed by atoms with van der Waals surface area (Å²) in [7, 11) is 0.948. The van der Waals surface area contributed by atoms with Crippen LogP contribution >= 0.6 is 11.3 Å². The van der Waals surface area contributed by atoms with E-state index in [2.05, 4.69) is 9.97 Å². The number of halogens is 6. The van der Waals surface area contributed by atoms with Gasteiger partial charge in [0.1, 0.15) is 16.6 Å². The normalized spacial score (nSPS) is 12.5. The van der Waals surface area contributed by atoms with Gasteiger partial charge < -0.3 is 4.90 Å². The molecule has 22 heavy (non-hydrogen) atoms. The second-order valence-corrected chi connectivity index (χ2v) is 5.36. The van der Waals surface area contributed by atoms with Crippen molar-refractivity contribution >= 4 is 16.3 Å². The molecule has 0 aliphatic heterocycles. The first-order valence-corrected chi connectivity index (χ1v) is 6.66. The number of anilines is 1. The second-order valence-electron chi connectivity index (χ2n) is 4.38. The van der Waals surface area contributed by atoms with Crippen LogP contribution in [0.1, 0.15) is 5.69 Å². The molecule has 0 aliphatic rings. The summed E-state index contributed by atoms with van der Waals surface area (Å²) < 4.78 is 76.2. The Morgan fingerprint density at radius 3 is 2.36 bits per heavy atom. The smallest absolute Gasteiger partial charge is 0.356 e. The van der Waals surface area contributed by atoms with Gasteiger partial charge in [-0.25, -0.2) is 4.98 Å². The van der Waals surface area contributed by atoms with Gasteiger partial charge in [-0.1, -0.05) is 11.3 Å². The monoisotopic (exact) mass is 341 g/mol. The maximum Gasteiger partial charge on any atom is 0.436 e. The first-order chi connectivity index (χ1) is 10.1. The molecule has 0 saturated heterocycles. The standard InChI is InChI=1S/C12H9F6N3S/c1-21(6-11(13,14)15)10-8(12(16,17)18)20-9(22-10)7-3-2-4-19-5-7/h2-5H,6H2,1H3.